The first-order chi connectivity index (χ1) is 8.28. The van der Waals surface area contributed by atoms with Crippen molar-refractivity contribution in [2.45, 2.75) is 26.0 Å². The van der Waals surface area contributed by atoms with Gasteiger partial charge >= 0.3 is 0 Å². The van der Waals surface area contributed by atoms with Gasteiger partial charge in [0.1, 0.15) is 0 Å². The second-order valence-electron chi connectivity index (χ2n) is 4.83. The number of hydrogen-bond acceptors (Lipinski definition) is 2. The minimum absolute atomic E-state index is 0.287. The quantitative estimate of drug-likeness (QED) is 0.718. The van der Waals surface area contributed by atoms with Gasteiger partial charge in [0.2, 0.25) is 0 Å². The summed E-state index contributed by atoms with van der Waals surface area (Å²) in [5.74, 6) is 0. The first-order valence-corrected chi connectivity index (χ1v) is 6.87. The molecular weight excluding hydrogens is 228 g/mol. The Hall–Kier alpha value is -0.643. The molecule has 0 N–H and O–H groups in total. The monoisotopic (exact) mass is 247 g/mol. The normalized spacial score (nSPS) is 17.8. The molecular formula is C14H19O2Si. The molecule has 1 aromatic carbocycles. The van der Waals surface area contributed by atoms with E-state index in [0.29, 0.717) is 6.61 Å². The van der Waals surface area contributed by atoms with Crippen LogP contribution >= 0.6 is 0 Å². The van der Waals surface area contributed by atoms with E-state index in [1.54, 1.807) is 0 Å². The minimum Gasteiger partial charge on any atom is -0.380 e. The highest BCUT2D eigenvalue weighted by Gasteiger charge is 2.36. The molecule has 1 saturated heterocycles. The van der Waals surface area contributed by atoms with E-state index in [0.717, 1.165) is 32.3 Å². The lowest BCUT2D eigenvalue weighted by Crippen LogP contribution is -2.45. The molecule has 3 radical (unpaired) electrons. The smallest absolute Gasteiger partial charge is 0.0717 e. The van der Waals surface area contributed by atoms with Crippen LogP contribution in [0.5, 0.6) is 0 Å². The van der Waals surface area contributed by atoms with Crippen LogP contribution in [0.15, 0.2) is 24.3 Å². The SMILES string of the molecule is CCC1(COCc2ccc(C[Si])cc2)COC1. The van der Waals surface area contributed by atoms with Crippen LogP contribution in [0.25, 0.3) is 0 Å². The van der Waals surface area contributed by atoms with Crippen molar-refractivity contribution in [3.05, 3.63) is 35.4 Å². The molecule has 0 aliphatic carbocycles. The molecule has 2 rings (SSSR count). The third-order valence-electron chi connectivity index (χ3n) is 3.47. The Morgan fingerprint density at radius 2 is 1.88 bits per heavy atom. The molecule has 17 heavy (non-hydrogen) atoms. The van der Waals surface area contributed by atoms with Crippen molar-refractivity contribution in [1.82, 2.24) is 0 Å². The minimum atomic E-state index is 0.287. The van der Waals surface area contributed by atoms with Gasteiger partial charge < -0.3 is 9.47 Å². The van der Waals surface area contributed by atoms with E-state index >= 15 is 0 Å². The predicted molar refractivity (Wildman–Crippen MR) is 69.1 cm³/mol. The highest BCUT2D eigenvalue weighted by molar-refractivity contribution is 6.08. The summed E-state index contributed by atoms with van der Waals surface area (Å²) in [4.78, 5) is 0. The molecule has 0 atom stereocenters. The summed E-state index contributed by atoms with van der Waals surface area (Å²) >= 11 is 0. The fourth-order valence-electron chi connectivity index (χ4n) is 1.92. The number of ether oxygens (including phenoxy) is 2. The van der Waals surface area contributed by atoms with E-state index in [4.69, 9.17) is 9.47 Å². The molecule has 0 saturated carbocycles. The summed E-state index contributed by atoms with van der Waals surface area (Å²) < 4.78 is 11.1. The molecule has 1 fully saturated rings. The second-order valence-corrected chi connectivity index (χ2v) is 5.19. The standard InChI is InChI=1S/C14H19O2Si/c1-2-14(10-16-11-14)9-15-7-12-3-5-13(8-17)6-4-12/h3-6H,2,7-11H2,1H3. The number of benzene rings is 1. The fraction of sp³-hybridized carbons (Fsp3) is 0.571. The van der Waals surface area contributed by atoms with Crippen molar-refractivity contribution in [2.24, 2.45) is 5.41 Å². The van der Waals surface area contributed by atoms with Gasteiger partial charge in [-0.1, -0.05) is 36.8 Å². The predicted octanol–water partition coefficient (Wildman–Crippen LogP) is 2.30. The number of rotatable bonds is 6. The zero-order chi connectivity index (χ0) is 12.1. The van der Waals surface area contributed by atoms with Gasteiger partial charge in [0.15, 0.2) is 0 Å². The molecule has 0 unspecified atom stereocenters. The van der Waals surface area contributed by atoms with E-state index < -0.39 is 0 Å². The van der Waals surface area contributed by atoms with E-state index in [-0.39, 0.29) is 5.41 Å². The zero-order valence-corrected chi connectivity index (χ0v) is 11.4. The summed E-state index contributed by atoms with van der Waals surface area (Å²) in [6.07, 6.45) is 1.13. The van der Waals surface area contributed by atoms with Crippen LogP contribution in [0, 0.1) is 5.41 Å². The molecule has 1 heterocycles. The van der Waals surface area contributed by atoms with Gasteiger partial charge in [0, 0.05) is 15.7 Å². The van der Waals surface area contributed by atoms with Gasteiger partial charge in [-0.05, 0) is 18.0 Å². The van der Waals surface area contributed by atoms with E-state index in [1.165, 1.54) is 11.1 Å². The summed E-state index contributed by atoms with van der Waals surface area (Å²) in [6, 6.07) is 9.43. The molecule has 0 amide bonds. The van der Waals surface area contributed by atoms with Gasteiger partial charge in [0.05, 0.1) is 26.4 Å². The largest absolute Gasteiger partial charge is 0.380 e. The molecule has 1 aromatic rings. The summed E-state index contributed by atoms with van der Waals surface area (Å²) in [5, 5.41) is 0. The summed E-state index contributed by atoms with van der Waals surface area (Å²) in [7, 11) is 3.49. The Morgan fingerprint density at radius 1 is 1.24 bits per heavy atom. The van der Waals surface area contributed by atoms with Crippen molar-refractivity contribution in [1.29, 1.82) is 0 Å². The maximum absolute atomic E-state index is 5.80. The molecule has 91 valence electrons. The van der Waals surface area contributed by atoms with E-state index in [1.807, 2.05) is 0 Å². The Labute approximate surface area is 107 Å². The van der Waals surface area contributed by atoms with Crippen molar-refractivity contribution < 1.29 is 9.47 Å². The lowest BCUT2D eigenvalue weighted by atomic mass is 9.84. The highest BCUT2D eigenvalue weighted by Crippen LogP contribution is 2.31. The van der Waals surface area contributed by atoms with Gasteiger partial charge in [-0.25, -0.2) is 0 Å². The van der Waals surface area contributed by atoms with Crippen LogP contribution in [0.2, 0.25) is 0 Å². The Bertz CT molecular complexity index is 338. The summed E-state index contributed by atoms with van der Waals surface area (Å²) in [6.45, 7) is 5.42. The molecule has 0 spiro atoms. The maximum atomic E-state index is 5.80. The third-order valence-corrected chi connectivity index (χ3v) is 3.88. The first kappa shape index (κ1) is 12.8. The molecule has 3 heteroatoms. The number of hydrogen-bond donors (Lipinski definition) is 0. The van der Waals surface area contributed by atoms with Crippen LogP contribution in [-0.2, 0) is 22.1 Å². The van der Waals surface area contributed by atoms with Gasteiger partial charge in [0.25, 0.3) is 0 Å². The molecule has 0 bridgehead atoms. The second kappa shape index (κ2) is 5.80. The van der Waals surface area contributed by atoms with Crippen molar-refractivity contribution >= 4 is 10.2 Å². The van der Waals surface area contributed by atoms with Crippen LogP contribution in [0.3, 0.4) is 0 Å². The van der Waals surface area contributed by atoms with Crippen molar-refractivity contribution in [3.63, 3.8) is 0 Å². The Kier molecular flexibility index (Phi) is 4.37. The molecule has 1 aliphatic rings. The van der Waals surface area contributed by atoms with Crippen LogP contribution < -0.4 is 0 Å². The lowest BCUT2D eigenvalue weighted by Gasteiger charge is -2.40. The first-order valence-electron chi connectivity index (χ1n) is 6.16. The topological polar surface area (TPSA) is 18.5 Å². The highest BCUT2D eigenvalue weighted by atomic mass is 28.1. The fourth-order valence-corrected chi connectivity index (χ4v) is 2.15. The maximum Gasteiger partial charge on any atom is 0.0717 e. The van der Waals surface area contributed by atoms with Crippen molar-refractivity contribution in [2.75, 3.05) is 19.8 Å². The van der Waals surface area contributed by atoms with Crippen LogP contribution in [0.1, 0.15) is 24.5 Å². The van der Waals surface area contributed by atoms with Crippen molar-refractivity contribution in [3.8, 4) is 0 Å². The zero-order valence-electron chi connectivity index (χ0n) is 10.4. The molecule has 0 aromatic heterocycles. The third kappa shape index (κ3) is 3.18. The van der Waals surface area contributed by atoms with Gasteiger partial charge in [-0.3, -0.25) is 0 Å². The van der Waals surface area contributed by atoms with Crippen LogP contribution in [0.4, 0.5) is 0 Å². The molecule has 2 nitrogen and oxygen atoms in total. The molecule has 1 aliphatic heterocycles. The van der Waals surface area contributed by atoms with E-state index in [2.05, 4.69) is 41.4 Å². The van der Waals surface area contributed by atoms with E-state index in [9.17, 15) is 0 Å². The van der Waals surface area contributed by atoms with Crippen LogP contribution in [-0.4, -0.2) is 30.1 Å². The lowest BCUT2D eigenvalue weighted by molar-refractivity contribution is -0.152. The Morgan fingerprint density at radius 3 is 2.35 bits per heavy atom. The average Bonchev–Trinajstić information content (AvgIpc) is 2.33. The average molecular weight is 247 g/mol. The van der Waals surface area contributed by atoms with Gasteiger partial charge in [-0.2, -0.15) is 0 Å². The Balaban J connectivity index is 1.77. The van der Waals surface area contributed by atoms with Gasteiger partial charge in [-0.15, -0.1) is 0 Å². The summed E-state index contributed by atoms with van der Waals surface area (Å²) in [5.41, 5.74) is 2.82.